The predicted octanol–water partition coefficient (Wildman–Crippen LogP) is 8.36. The minimum atomic E-state index is 0.0626. The zero-order valence-electron chi connectivity index (χ0n) is 23.8. The average molecular weight is 518 g/mol. The van der Waals surface area contributed by atoms with E-state index < -0.39 is 0 Å². The number of fused-ring (bicyclic) bond motifs is 3. The molecule has 2 aromatic heterocycles. The Morgan fingerprint density at radius 2 is 1.74 bits per heavy atom. The molecule has 1 aliphatic heterocycles. The number of ether oxygens (including phenoxy) is 2. The summed E-state index contributed by atoms with van der Waals surface area (Å²) < 4.78 is 14.7. The zero-order chi connectivity index (χ0) is 27.5. The summed E-state index contributed by atoms with van der Waals surface area (Å²) in [6, 6.07) is 21.7. The van der Waals surface area contributed by atoms with Gasteiger partial charge in [-0.15, -0.1) is 0 Å². The van der Waals surface area contributed by atoms with Crippen LogP contribution in [0.1, 0.15) is 55.5 Å². The van der Waals surface area contributed by atoms with Crippen molar-refractivity contribution in [3.63, 3.8) is 0 Å². The van der Waals surface area contributed by atoms with Crippen LogP contribution >= 0.6 is 0 Å². The molecule has 5 heteroatoms. The van der Waals surface area contributed by atoms with Crippen LogP contribution in [-0.2, 0) is 10.2 Å². The van der Waals surface area contributed by atoms with Crippen molar-refractivity contribution >= 4 is 27.8 Å². The molecule has 1 aliphatic rings. The summed E-state index contributed by atoms with van der Waals surface area (Å²) in [6.45, 7) is 15.7. The average Bonchev–Trinajstić information content (AvgIpc) is 3.45. The third-order valence-electron chi connectivity index (χ3n) is 7.47. The summed E-state index contributed by atoms with van der Waals surface area (Å²) in [4.78, 5) is 9.48. The molecule has 0 bridgehead atoms. The van der Waals surface area contributed by atoms with Gasteiger partial charge in [-0.05, 0) is 97.8 Å². The van der Waals surface area contributed by atoms with Gasteiger partial charge in [0.1, 0.15) is 23.8 Å². The van der Waals surface area contributed by atoms with E-state index in [0.717, 1.165) is 56.0 Å². The second-order valence-electron chi connectivity index (χ2n) is 11.8. The molecule has 0 aliphatic carbocycles. The Hall–Kier alpha value is -4.12. The molecule has 0 fully saturated rings. The minimum absolute atomic E-state index is 0.0626. The van der Waals surface area contributed by atoms with E-state index in [0.29, 0.717) is 12.5 Å². The first-order valence-corrected chi connectivity index (χ1v) is 13.6. The molecule has 0 saturated heterocycles. The van der Waals surface area contributed by atoms with Crippen LogP contribution in [0, 0.1) is 20.8 Å². The van der Waals surface area contributed by atoms with Crippen molar-refractivity contribution in [3.05, 3.63) is 94.7 Å². The maximum absolute atomic E-state index is 6.55. The van der Waals surface area contributed by atoms with Crippen LogP contribution in [0.25, 0.3) is 27.6 Å². The summed E-state index contributed by atoms with van der Waals surface area (Å²) in [5.41, 5.74) is 8.75. The van der Waals surface area contributed by atoms with E-state index in [2.05, 4.69) is 113 Å². The van der Waals surface area contributed by atoms with Crippen molar-refractivity contribution in [3.8, 4) is 17.2 Å². The van der Waals surface area contributed by atoms with Crippen LogP contribution in [0.15, 0.2) is 71.9 Å². The molecule has 5 aromatic rings. The van der Waals surface area contributed by atoms with E-state index in [1.165, 1.54) is 10.9 Å². The fourth-order valence-electron chi connectivity index (χ4n) is 5.41. The standard InChI is InChI=1S/C34H35N3O2/c1-20-13-25(37-30-11-10-24(34(5,6)7)16-29(30)27-9-8-12-35-32(27)37)17-26(14-20)39-31-18-28(21(2)15-22(31)3)33-36-23(4)19-38-33/h8-18,23H,19H2,1-7H3/t23-/m1/s1. The molecule has 3 heterocycles. The molecular formula is C34H35N3O2. The SMILES string of the molecule is Cc1cc(Oc2cc(C3=N[C@H](C)CO3)c(C)cc2C)cc(-n2c3ccc(C(C)(C)C)cc3c3cccnc32)c1. The van der Waals surface area contributed by atoms with E-state index in [4.69, 9.17) is 14.5 Å². The lowest BCUT2D eigenvalue weighted by Gasteiger charge is -2.19. The Morgan fingerprint density at radius 1 is 0.923 bits per heavy atom. The Bertz CT molecular complexity index is 1770. The van der Waals surface area contributed by atoms with Gasteiger partial charge in [0.15, 0.2) is 0 Å². The van der Waals surface area contributed by atoms with Gasteiger partial charge in [0.2, 0.25) is 5.90 Å². The maximum Gasteiger partial charge on any atom is 0.216 e. The first-order valence-electron chi connectivity index (χ1n) is 13.6. The van der Waals surface area contributed by atoms with Crippen molar-refractivity contribution in [2.24, 2.45) is 4.99 Å². The molecular weight excluding hydrogens is 482 g/mol. The molecule has 0 spiro atoms. The van der Waals surface area contributed by atoms with E-state index in [9.17, 15) is 0 Å². The number of benzene rings is 3. The second kappa shape index (κ2) is 9.26. The molecule has 39 heavy (non-hydrogen) atoms. The summed E-state index contributed by atoms with van der Waals surface area (Å²) in [5.74, 6) is 2.27. The highest BCUT2D eigenvalue weighted by Crippen LogP contribution is 2.36. The zero-order valence-corrected chi connectivity index (χ0v) is 23.8. The van der Waals surface area contributed by atoms with E-state index in [1.807, 2.05) is 12.3 Å². The lowest BCUT2D eigenvalue weighted by molar-refractivity contribution is 0.324. The third-order valence-corrected chi connectivity index (χ3v) is 7.47. The third kappa shape index (κ3) is 4.56. The van der Waals surface area contributed by atoms with Gasteiger partial charge in [-0.2, -0.15) is 0 Å². The van der Waals surface area contributed by atoms with Gasteiger partial charge in [0, 0.05) is 28.6 Å². The summed E-state index contributed by atoms with van der Waals surface area (Å²) in [5, 5.41) is 2.35. The van der Waals surface area contributed by atoms with E-state index in [-0.39, 0.29) is 11.5 Å². The minimum Gasteiger partial charge on any atom is -0.475 e. The Kier molecular flexibility index (Phi) is 5.98. The van der Waals surface area contributed by atoms with Crippen molar-refractivity contribution in [1.29, 1.82) is 0 Å². The first kappa shape index (κ1) is 25.2. The lowest BCUT2D eigenvalue weighted by Crippen LogP contribution is -2.10. The number of rotatable bonds is 4. The quantitative estimate of drug-likeness (QED) is 0.241. The van der Waals surface area contributed by atoms with E-state index in [1.54, 1.807) is 0 Å². The molecule has 0 amide bonds. The number of pyridine rings is 1. The lowest BCUT2D eigenvalue weighted by atomic mass is 9.86. The smallest absolute Gasteiger partial charge is 0.216 e. The van der Waals surface area contributed by atoms with Gasteiger partial charge in [-0.1, -0.05) is 32.9 Å². The van der Waals surface area contributed by atoms with Crippen LogP contribution in [0.3, 0.4) is 0 Å². The highest BCUT2D eigenvalue weighted by molar-refractivity contribution is 6.08. The second-order valence-corrected chi connectivity index (χ2v) is 11.8. The van der Waals surface area contributed by atoms with Gasteiger partial charge >= 0.3 is 0 Å². The van der Waals surface area contributed by atoms with Gasteiger partial charge < -0.3 is 9.47 Å². The predicted molar refractivity (Wildman–Crippen MR) is 160 cm³/mol. The first-order chi connectivity index (χ1) is 18.6. The number of hydrogen-bond donors (Lipinski definition) is 0. The fraction of sp³-hybridized carbons (Fsp3) is 0.294. The number of nitrogens with zero attached hydrogens (tertiary/aromatic N) is 3. The van der Waals surface area contributed by atoms with Gasteiger partial charge in [0.25, 0.3) is 0 Å². The van der Waals surface area contributed by atoms with Crippen molar-refractivity contribution in [2.45, 2.75) is 59.9 Å². The fourth-order valence-corrected chi connectivity index (χ4v) is 5.41. The van der Waals surface area contributed by atoms with Crippen LogP contribution in [0.4, 0.5) is 0 Å². The van der Waals surface area contributed by atoms with Gasteiger partial charge in [0.05, 0.1) is 17.2 Å². The Labute approximate surface area is 230 Å². The molecule has 5 nitrogen and oxygen atoms in total. The van der Waals surface area contributed by atoms with Crippen LogP contribution in [-0.4, -0.2) is 28.1 Å². The number of aryl methyl sites for hydroxylation is 3. The van der Waals surface area contributed by atoms with Crippen LogP contribution in [0.2, 0.25) is 0 Å². The highest BCUT2D eigenvalue weighted by atomic mass is 16.5. The molecule has 198 valence electrons. The van der Waals surface area contributed by atoms with Crippen molar-refractivity contribution in [2.75, 3.05) is 6.61 Å². The van der Waals surface area contributed by atoms with Crippen molar-refractivity contribution < 1.29 is 9.47 Å². The number of hydrogen-bond acceptors (Lipinski definition) is 4. The largest absolute Gasteiger partial charge is 0.475 e. The number of aliphatic imine (C=N–C) groups is 1. The molecule has 6 rings (SSSR count). The highest BCUT2D eigenvalue weighted by Gasteiger charge is 2.21. The molecule has 1 atom stereocenters. The van der Waals surface area contributed by atoms with Crippen LogP contribution < -0.4 is 4.74 Å². The monoisotopic (exact) mass is 517 g/mol. The van der Waals surface area contributed by atoms with E-state index >= 15 is 0 Å². The summed E-state index contributed by atoms with van der Waals surface area (Å²) >= 11 is 0. The maximum atomic E-state index is 6.55. The molecule has 0 unspecified atom stereocenters. The van der Waals surface area contributed by atoms with Gasteiger partial charge in [-0.25, -0.2) is 9.98 Å². The molecule has 0 N–H and O–H groups in total. The summed E-state index contributed by atoms with van der Waals surface area (Å²) in [7, 11) is 0. The Balaban J connectivity index is 1.47. The number of aromatic nitrogens is 2. The molecule has 0 saturated carbocycles. The Morgan fingerprint density at radius 3 is 2.49 bits per heavy atom. The topological polar surface area (TPSA) is 48.6 Å². The molecule has 3 aromatic carbocycles. The normalized spacial score (nSPS) is 15.6. The van der Waals surface area contributed by atoms with Crippen LogP contribution in [0.5, 0.6) is 11.5 Å². The van der Waals surface area contributed by atoms with Gasteiger partial charge in [-0.3, -0.25) is 4.57 Å². The van der Waals surface area contributed by atoms with Crippen molar-refractivity contribution in [1.82, 2.24) is 9.55 Å². The summed E-state index contributed by atoms with van der Waals surface area (Å²) in [6.07, 6.45) is 1.86. The molecule has 0 radical (unpaired) electrons.